The van der Waals surface area contributed by atoms with Crippen LogP contribution in [0, 0.1) is 0 Å². The predicted octanol–water partition coefficient (Wildman–Crippen LogP) is 1.36. The zero-order chi connectivity index (χ0) is 9.45. The summed E-state index contributed by atoms with van der Waals surface area (Å²) in [5, 5.41) is 0. The second kappa shape index (κ2) is 6.60. The van der Waals surface area contributed by atoms with Gasteiger partial charge in [-0.15, -0.1) is 0 Å². The smallest absolute Gasteiger partial charge is 0.242 e. The quantitative estimate of drug-likeness (QED) is 0.570. The summed E-state index contributed by atoms with van der Waals surface area (Å²) in [5.41, 5.74) is 0. The fraction of sp³-hybridized carbons (Fsp3) is 1.00. The van der Waals surface area contributed by atoms with Crippen molar-refractivity contribution in [3.63, 3.8) is 0 Å². The second-order valence-electron chi connectivity index (χ2n) is 2.84. The van der Waals surface area contributed by atoms with Crippen LogP contribution in [0.15, 0.2) is 0 Å². The Bertz CT molecular complexity index is 91.5. The molecule has 0 spiro atoms. The highest BCUT2D eigenvalue weighted by molar-refractivity contribution is 6.73. The number of ether oxygens (including phenoxy) is 2. The van der Waals surface area contributed by atoms with Crippen molar-refractivity contribution in [3.05, 3.63) is 0 Å². The zero-order valence-electron chi connectivity index (χ0n) is 8.55. The summed E-state index contributed by atoms with van der Waals surface area (Å²) in [5.74, 6) is 0. The van der Waals surface area contributed by atoms with Crippen molar-refractivity contribution in [2.75, 3.05) is 33.3 Å². The first kappa shape index (κ1) is 12.1. The van der Waals surface area contributed by atoms with E-state index in [2.05, 4.69) is 6.92 Å². The van der Waals surface area contributed by atoms with Gasteiger partial charge < -0.3 is 13.9 Å². The molecule has 0 bridgehead atoms. The first-order chi connectivity index (χ1) is 5.74. The van der Waals surface area contributed by atoms with Crippen LogP contribution in [-0.2, 0) is 13.9 Å². The summed E-state index contributed by atoms with van der Waals surface area (Å²) >= 11 is 0. The Balaban J connectivity index is 4.06. The Kier molecular flexibility index (Phi) is 6.65. The topological polar surface area (TPSA) is 27.7 Å². The molecule has 12 heavy (non-hydrogen) atoms. The summed E-state index contributed by atoms with van der Waals surface area (Å²) in [4.78, 5) is 0. The largest absolute Gasteiger partial charge is 0.412 e. The maximum absolute atomic E-state index is 5.75. The van der Waals surface area contributed by atoms with Crippen molar-refractivity contribution in [3.8, 4) is 0 Å². The Morgan fingerprint density at radius 2 is 1.50 bits per heavy atom. The van der Waals surface area contributed by atoms with E-state index in [1.54, 1.807) is 14.2 Å². The molecule has 74 valence electrons. The van der Waals surface area contributed by atoms with Gasteiger partial charge in [0.1, 0.15) is 0 Å². The summed E-state index contributed by atoms with van der Waals surface area (Å²) in [6.45, 7) is 4.91. The van der Waals surface area contributed by atoms with Crippen LogP contribution in [0.2, 0.25) is 6.04 Å². The van der Waals surface area contributed by atoms with Crippen molar-refractivity contribution in [2.24, 2.45) is 0 Å². The Morgan fingerprint density at radius 1 is 1.00 bits per heavy atom. The summed E-state index contributed by atoms with van der Waals surface area (Å²) < 4.78 is 16.1. The van der Waals surface area contributed by atoms with Crippen LogP contribution in [0.25, 0.3) is 0 Å². The zero-order valence-corrected chi connectivity index (χ0v) is 9.55. The fourth-order valence-electron chi connectivity index (χ4n) is 1.26. The third-order valence-corrected chi connectivity index (χ3v) is 5.73. The molecule has 0 heterocycles. The van der Waals surface area contributed by atoms with E-state index in [4.69, 9.17) is 13.9 Å². The maximum Gasteiger partial charge on any atom is 0.242 e. The number of hydrogen-bond acceptors (Lipinski definition) is 3. The van der Waals surface area contributed by atoms with E-state index >= 15 is 0 Å². The molecule has 0 fully saturated rings. The van der Waals surface area contributed by atoms with E-state index in [1.165, 1.54) is 0 Å². The lowest BCUT2D eigenvalue weighted by molar-refractivity contribution is 0.170. The van der Waals surface area contributed by atoms with Crippen LogP contribution in [0.5, 0.6) is 0 Å². The molecule has 0 radical (unpaired) electrons. The molecule has 0 N–H and O–H groups in total. The minimum atomic E-state index is -1.71. The van der Waals surface area contributed by atoms with E-state index in [0.29, 0.717) is 0 Å². The van der Waals surface area contributed by atoms with Crippen LogP contribution in [-0.4, -0.2) is 41.6 Å². The number of rotatable bonds is 7. The van der Waals surface area contributed by atoms with Crippen molar-refractivity contribution in [1.82, 2.24) is 0 Å². The predicted molar refractivity (Wildman–Crippen MR) is 51.6 cm³/mol. The molecule has 0 saturated heterocycles. The lowest BCUT2D eigenvalue weighted by Crippen LogP contribution is -2.48. The van der Waals surface area contributed by atoms with Gasteiger partial charge in [0, 0.05) is 20.8 Å². The Morgan fingerprint density at radius 3 is 1.75 bits per heavy atom. The van der Waals surface area contributed by atoms with Crippen LogP contribution >= 0.6 is 0 Å². The van der Waals surface area contributed by atoms with Gasteiger partial charge in [-0.25, -0.2) is 0 Å². The van der Waals surface area contributed by atoms with Crippen molar-refractivity contribution < 1.29 is 13.9 Å². The van der Waals surface area contributed by atoms with Gasteiger partial charge in [-0.1, -0.05) is 6.92 Å². The first-order valence-corrected chi connectivity index (χ1v) is 6.89. The van der Waals surface area contributed by atoms with E-state index in [0.717, 1.165) is 25.1 Å². The Labute approximate surface area is 76.1 Å². The summed E-state index contributed by atoms with van der Waals surface area (Å²) in [6, 6.07) is 1.04. The van der Waals surface area contributed by atoms with Crippen molar-refractivity contribution in [2.45, 2.75) is 19.9 Å². The molecule has 0 aliphatic rings. The van der Waals surface area contributed by atoms with Gasteiger partial charge in [-0.3, -0.25) is 0 Å². The average molecular weight is 192 g/mol. The van der Waals surface area contributed by atoms with Gasteiger partial charge in [0.15, 0.2) is 0 Å². The molecule has 0 aromatic carbocycles. The summed E-state index contributed by atoms with van der Waals surface area (Å²) in [7, 11) is 1.71. The molecule has 3 nitrogen and oxygen atoms in total. The fourth-order valence-corrected chi connectivity index (χ4v) is 3.79. The van der Waals surface area contributed by atoms with E-state index in [-0.39, 0.29) is 0 Å². The van der Waals surface area contributed by atoms with Crippen LogP contribution in [0.3, 0.4) is 0 Å². The Hall–Kier alpha value is 0.0969. The standard InChI is InChI=1S/C8H20O3Si/c1-5-11-12(6-2,7-9-3)8-10-4/h5-8H2,1-4H3. The van der Waals surface area contributed by atoms with E-state index in [1.807, 2.05) is 6.92 Å². The highest BCUT2D eigenvalue weighted by Gasteiger charge is 2.32. The van der Waals surface area contributed by atoms with Crippen molar-refractivity contribution in [1.29, 1.82) is 0 Å². The number of hydrogen-bond donors (Lipinski definition) is 0. The molecule has 0 aromatic rings. The maximum atomic E-state index is 5.75. The van der Waals surface area contributed by atoms with Crippen molar-refractivity contribution >= 4 is 8.32 Å². The monoisotopic (exact) mass is 192 g/mol. The van der Waals surface area contributed by atoms with Gasteiger partial charge in [0.25, 0.3) is 0 Å². The highest BCUT2D eigenvalue weighted by atomic mass is 28.4. The van der Waals surface area contributed by atoms with Crippen LogP contribution in [0.1, 0.15) is 13.8 Å². The molecule has 0 aliphatic heterocycles. The highest BCUT2D eigenvalue weighted by Crippen LogP contribution is 2.11. The lowest BCUT2D eigenvalue weighted by Gasteiger charge is -2.28. The molecule has 0 atom stereocenters. The van der Waals surface area contributed by atoms with E-state index < -0.39 is 8.32 Å². The van der Waals surface area contributed by atoms with Crippen LogP contribution in [0.4, 0.5) is 0 Å². The molecule has 4 heteroatoms. The second-order valence-corrected chi connectivity index (χ2v) is 6.77. The van der Waals surface area contributed by atoms with E-state index in [9.17, 15) is 0 Å². The van der Waals surface area contributed by atoms with Gasteiger partial charge >= 0.3 is 0 Å². The summed E-state index contributed by atoms with van der Waals surface area (Å²) in [6.07, 6.45) is 1.45. The van der Waals surface area contributed by atoms with Gasteiger partial charge in [-0.05, 0) is 13.0 Å². The molecular weight excluding hydrogens is 172 g/mol. The lowest BCUT2D eigenvalue weighted by atomic mass is 10.9. The third-order valence-electron chi connectivity index (χ3n) is 1.91. The average Bonchev–Trinajstić information content (AvgIpc) is 2.06. The molecule has 0 saturated carbocycles. The SMILES string of the molecule is CCO[Si](CC)(COC)COC. The minimum Gasteiger partial charge on any atom is -0.412 e. The normalized spacial score (nSPS) is 12.0. The van der Waals surface area contributed by atoms with Gasteiger partial charge in [0.2, 0.25) is 8.32 Å². The van der Waals surface area contributed by atoms with Gasteiger partial charge in [0.05, 0.1) is 12.5 Å². The first-order valence-electron chi connectivity index (χ1n) is 4.36. The van der Waals surface area contributed by atoms with Gasteiger partial charge in [-0.2, -0.15) is 0 Å². The molecule has 0 rings (SSSR count). The number of methoxy groups -OCH3 is 2. The third kappa shape index (κ3) is 3.67. The molecule has 0 aromatic heterocycles. The molecule has 0 unspecified atom stereocenters. The molecule has 0 aliphatic carbocycles. The molecular formula is C8H20O3Si. The van der Waals surface area contributed by atoms with Crippen LogP contribution < -0.4 is 0 Å². The molecule has 0 amide bonds. The minimum absolute atomic E-state index is 0.727.